The molecule has 2 heterocycles. The molecule has 3 aromatic rings. The van der Waals surface area contributed by atoms with Gasteiger partial charge in [-0.15, -0.1) is 0 Å². The minimum atomic E-state index is -0.762. The van der Waals surface area contributed by atoms with Crippen molar-refractivity contribution in [2.24, 2.45) is 11.5 Å². The Balaban J connectivity index is 2.18. The lowest BCUT2D eigenvalue weighted by atomic mass is 10.1. The molecule has 0 atom stereocenters. The van der Waals surface area contributed by atoms with Crippen LogP contribution in [0.4, 0.5) is 10.6 Å². The average molecular weight is 300 g/mol. The number of primary amides is 2. The first-order valence-corrected chi connectivity index (χ1v) is 7.05. The lowest BCUT2D eigenvalue weighted by molar-refractivity contribution is 0.100. The molecular weight excluding hydrogens is 288 g/mol. The number of hydrogen-bond donors (Lipinski definition) is 4. The number of thiophene rings is 1. The fourth-order valence-electron chi connectivity index (χ4n) is 2.28. The Morgan fingerprint density at radius 2 is 1.95 bits per heavy atom. The summed E-state index contributed by atoms with van der Waals surface area (Å²) in [6, 6.07) is 6.84. The molecule has 0 unspecified atom stereocenters. The Kier molecular flexibility index (Phi) is 3.11. The maximum Gasteiger partial charge on any atom is 0.317 e. The normalized spacial score (nSPS) is 10.7. The molecule has 1 aromatic carbocycles. The van der Waals surface area contributed by atoms with Crippen molar-refractivity contribution in [3.05, 3.63) is 40.6 Å². The number of amides is 3. The molecule has 3 amide bonds. The van der Waals surface area contributed by atoms with Crippen molar-refractivity contribution in [2.75, 3.05) is 5.32 Å². The van der Waals surface area contributed by atoms with E-state index in [2.05, 4.69) is 10.3 Å². The molecular formula is C14H12N4O2S. The molecule has 0 saturated heterocycles. The number of hydrogen-bond acceptors (Lipinski definition) is 3. The number of H-pyrrole nitrogens is 1. The highest BCUT2D eigenvalue weighted by atomic mass is 32.1. The predicted octanol–water partition coefficient (Wildman–Crippen LogP) is 2.49. The first-order valence-electron chi connectivity index (χ1n) is 6.11. The first-order chi connectivity index (χ1) is 10.1. The van der Waals surface area contributed by atoms with E-state index in [1.807, 2.05) is 29.0 Å². The van der Waals surface area contributed by atoms with E-state index in [0.29, 0.717) is 10.9 Å². The molecule has 0 radical (unpaired) electrons. The molecule has 6 N–H and O–H groups in total. The monoisotopic (exact) mass is 300 g/mol. The van der Waals surface area contributed by atoms with Crippen molar-refractivity contribution in [3.8, 4) is 11.1 Å². The van der Waals surface area contributed by atoms with E-state index in [1.54, 1.807) is 17.4 Å². The third-order valence-electron chi connectivity index (χ3n) is 3.15. The summed E-state index contributed by atoms with van der Waals surface area (Å²) in [6.07, 6.45) is 0. The van der Waals surface area contributed by atoms with E-state index in [9.17, 15) is 9.59 Å². The largest absolute Gasteiger partial charge is 0.365 e. The van der Waals surface area contributed by atoms with Gasteiger partial charge in [0.1, 0.15) is 5.82 Å². The van der Waals surface area contributed by atoms with Gasteiger partial charge in [0, 0.05) is 10.9 Å². The van der Waals surface area contributed by atoms with Crippen molar-refractivity contribution in [3.63, 3.8) is 0 Å². The smallest absolute Gasteiger partial charge is 0.317 e. The number of urea groups is 1. The molecule has 0 saturated carbocycles. The van der Waals surface area contributed by atoms with Gasteiger partial charge in [-0.1, -0.05) is 12.1 Å². The number of aromatic amines is 1. The number of rotatable bonds is 3. The highest BCUT2D eigenvalue weighted by molar-refractivity contribution is 7.08. The summed E-state index contributed by atoms with van der Waals surface area (Å²) in [5, 5.41) is 7.05. The summed E-state index contributed by atoms with van der Waals surface area (Å²) in [4.78, 5) is 25.6. The van der Waals surface area contributed by atoms with Crippen LogP contribution in [0.5, 0.6) is 0 Å². The van der Waals surface area contributed by atoms with E-state index in [4.69, 9.17) is 11.5 Å². The zero-order chi connectivity index (χ0) is 15.0. The Bertz CT molecular complexity index is 836. The molecule has 0 spiro atoms. The van der Waals surface area contributed by atoms with Crippen molar-refractivity contribution < 1.29 is 9.59 Å². The lowest BCUT2D eigenvalue weighted by Crippen LogP contribution is -2.22. The molecule has 0 aliphatic carbocycles. The van der Waals surface area contributed by atoms with Crippen LogP contribution in [0.2, 0.25) is 0 Å². The van der Waals surface area contributed by atoms with Gasteiger partial charge < -0.3 is 16.5 Å². The van der Waals surface area contributed by atoms with Gasteiger partial charge in [-0.2, -0.15) is 11.3 Å². The summed E-state index contributed by atoms with van der Waals surface area (Å²) in [6.45, 7) is 0. The number of carbonyl (C=O) groups excluding carboxylic acids is 2. The number of fused-ring (bicyclic) bond motifs is 1. The molecule has 21 heavy (non-hydrogen) atoms. The fourth-order valence-corrected chi connectivity index (χ4v) is 2.94. The Hall–Kier alpha value is -2.80. The maximum atomic E-state index is 11.6. The highest BCUT2D eigenvalue weighted by Crippen LogP contribution is 2.30. The summed E-state index contributed by atoms with van der Waals surface area (Å²) >= 11 is 1.60. The number of carbonyl (C=O) groups is 2. The summed E-state index contributed by atoms with van der Waals surface area (Å²) in [7, 11) is 0. The zero-order valence-corrected chi connectivity index (χ0v) is 11.7. The van der Waals surface area contributed by atoms with Crippen LogP contribution in [-0.4, -0.2) is 16.9 Å². The third kappa shape index (κ3) is 2.34. The number of aromatic nitrogens is 1. The number of nitrogens with one attached hydrogen (secondary N) is 2. The van der Waals surface area contributed by atoms with E-state index in [1.165, 1.54) is 0 Å². The van der Waals surface area contributed by atoms with Gasteiger partial charge in [0.05, 0.1) is 5.56 Å². The summed E-state index contributed by atoms with van der Waals surface area (Å²) in [5.41, 5.74) is 13.5. The predicted molar refractivity (Wildman–Crippen MR) is 83.3 cm³/mol. The minimum Gasteiger partial charge on any atom is -0.365 e. The van der Waals surface area contributed by atoms with Gasteiger partial charge in [-0.25, -0.2) is 4.79 Å². The van der Waals surface area contributed by atoms with Crippen molar-refractivity contribution in [1.82, 2.24) is 4.98 Å². The molecule has 106 valence electrons. The quantitative estimate of drug-likeness (QED) is 0.595. The lowest BCUT2D eigenvalue weighted by Gasteiger charge is -2.00. The van der Waals surface area contributed by atoms with Crippen molar-refractivity contribution in [1.29, 1.82) is 0 Å². The van der Waals surface area contributed by atoms with Crippen LogP contribution in [0.3, 0.4) is 0 Å². The molecule has 3 rings (SSSR count). The molecule has 0 bridgehead atoms. The van der Waals surface area contributed by atoms with Gasteiger partial charge in [-0.3, -0.25) is 10.1 Å². The molecule has 6 nitrogen and oxygen atoms in total. The Labute approximate surface area is 123 Å². The molecule has 2 aromatic heterocycles. The molecule has 0 aliphatic rings. The third-order valence-corrected chi connectivity index (χ3v) is 3.83. The Morgan fingerprint density at radius 3 is 2.57 bits per heavy atom. The zero-order valence-electron chi connectivity index (χ0n) is 10.8. The Morgan fingerprint density at radius 1 is 1.14 bits per heavy atom. The van der Waals surface area contributed by atoms with E-state index in [0.717, 1.165) is 11.1 Å². The standard InChI is InChI=1S/C14H12N4O2S/c15-12(19)11-9-2-1-7(8-3-4-21-6-8)5-10(9)17-13(11)18-14(16)20/h1-6,17H,(H2,15,19)(H3,16,18,20). The first kappa shape index (κ1) is 13.2. The van der Waals surface area contributed by atoms with Crippen molar-refractivity contribution in [2.45, 2.75) is 0 Å². The van der Waals surface area contributed by atoms with Crippen LogP contribution in [-0.2, 0) is 0 Å². The number of anilines is 1. The summed E-state index contributed by atoms with van der Waals surface area (Å²) in [5.74, 6) is -0.416. The van der Waals surface area contributed by atoms with Crippen molar-refractivity contribution >= 4 is 40.0 Å². The topological polar surface area (TPSA) is 114 Å². The van der Waals surface area contributed by atoms with E-state index < -0.39 is 11.9 Å². The second-order valence-electron chi connectivity index (χ2n) is 4.50. The van der Waals surface area contributed by atoms with Crippen LogP contribution < -0.4 is 16.8 Å². The van der Waals surface area contributed by atoms with Gasteiger partial charge in [0.2, 0.25) is 0 Å². The highest BCUT2D eigenvalue weighted by Gasteiger charge is 2.17. The molecule has 7 heteroatoms. The van der Waals surface area contributed by atoms with E-state index >= 15 is 0 Å². The molecule has 0 aliphatic heterocycles. The minimum absolute atomic E-state index is 0.215. The van der Waals surface area contributed by atoms with Crippen LogP contribution in [0.1, 0.15) is 10.4 Å². The summed E-state index contributed by atoms with van der Waals surface area (Å²) < 4.78 is 0. The van der Waals surface area contributed by atoms with Crippen LogP contribution in [0.15, 0.2) is 35.0 Å². The van der Waals surface area contributed by atoms with Gasteiger partial charge in [-0.05, 0) is 34.0 Å². The van der Waals surface area contributed by atoms with Gasteiger partial charge in [0.15, 0.2) is 0 Å². The van der Waals surface area contributed by atoms with Gasteiger partial charge in [0.25, 0.3) is 5.91 Å². The molecule has 0 fully saturated rings. The number of nitrogens with two attached hydrogens (primary N) is 2. The van der Waals surface area contributed by atoms with Crippen LogP contribution >= 0.6 is 11.3 Å². The second kappa shape index (κ2) is 4.95. The SMILES string of the molecule is NC(=O)Nc1[nH]c2cc(-c3ccsc3)ccc2c1C(N)=O. The maximum absolute atomic E-state index is 11.6. The van der Waals surface area contributed by atoms with E-state index in [-0.39, 0.29) is 11.4 Å². The fraction of sp³-hybridized carbons (Fsp3) is 0. The van der Waals surface area contributed by atoms with Crippen LogP contribution in [0, 0.1) is 0 Å². The number of benzene rings is 1. The average Bonchev–Trinajstić information content (AvgIpc) is 3.03. The van der Waals surface area contributed by atoms with Crippen LogP contribution in [0.25, 0.3) is 22.0 Å². The van der Waals surface area contributed by atoms with Gasteiger partial charge >= 0.3 is 6.03 Å². The second-order valence-corrected chi connectivity index (χ2v) is 5.28.